The molecule has 0 amide bonds. The maximum atomic E-state index is 12.6. The average Bonchev–Trinajstić information content (AvgIpc) is 2.84. The minimum absolute atomic E-state index is 0.0152. The van der Waals surface area contributed by atoms with Crippen LogP contribution in [0.1, 0.15) is 68.6 Å². The molecule has 0 atom stereocenters. The first kappa shape index (κ1) is 26.9. The first-order valence-corrected chi connectivity index (χ1v) is 10.9. The zero-order valence-corrected chi connectivity index (χ0v) is 19.4. The van der Waals surface area contributed by atoms with Gasteiger partial charge in [-0.25, -0.2) is 0 Å². The quantitative estimate of drug-likeness (QED) is 0.348. The van der Waals surface area contributed by atoms with Crippen molar-refractivity contribution in [3.63, 3.8) is 0 Å². The van der Waals surface area contributed by atoms with Crippen molar-refractivity contribution in [3.8, 4) is 0 Å². The molecule has 0 saturated heterocycles. The largest absolute Gasteiger partial charge is 0.398 e. The lowest BCUT2D eigenvalue weighted by atomic mass is 9.94. The molecular weight excluding hydrogens is 366 g/mol. The van der Waals surface area contributed by atoms with Crippen LogP contribution in [0.5, 0.6) is 0 Å². The van der Waals surface area contributed by atoms with E-state index in [0.29, 0.717) is 17.7 Å². The van der Waals surface area contributed by atoms with E-state index in [1.165, 1.54) is 0 Å². The van der Waals surface area contributed by atoms with E-state index in [0.717, 1.165) is 22.3 Å². The van der Waals surface area contributed by atoms with Gasteiger partial charge in [-0.15, -0.1) is 0 Å². The number of carbonyl (C=O) groups is 1. The normalized spacial score (nSPS) is 8.87. The van der Waals surface area contributed by atoms with Gasteiger partial charge in [0.05, 0.1) is 0 Å². The van der Waals surface area contributed by atoms with Crippen molar-refractivity contribution in [2.45, 2.75) is 48.0 Å². The van der Waals surface area contributed by atoms with E-state index in [9.17, 15) is 4.79 Å². The highest BCUT2D eigenvalue weighted by atomic mass is 16.1. The van der Waals surface area contributed by atoms with Crippen molar-refractivity contribution >= 4 is 17.0 Å². The second kappa shape index (κ2) is 15.8. The van der Waals surface area contributed by atoms with E-state index in [-0.39, 0.29) is 5.78 Å². The number of ketones is 1. The molecule has 0 aliphatic rings. The fourth-order valence-electron chi connectivity index (χ4n) is 2.67. The topological polar surface area (TPSA) is 43.1 Å². The van der Waals surface area contributed by atoms with Crippen LogP contribution in [-0.2, 0) is 6.42 Å². The van der Waals surface area contributed by atoms with Crippen LogP contribution >= 0.6 is 0 Å². The Kier molecular flexibility index (Phi) is 14.1. The number of nitrogens with two attached hydrogens (primary N) is 1. The molecule has 0 aliphatic heterocycles. The Hall–Kier alpha value is -3.13. The van der Waals surface area contributed by atoms with Gasteiger partial charge < -0.3 is 5.73 Å². The predicted molar refractivity (Wildman–Crippen MR) is 134 cm³/mol. The Bertz CT molecular complexity index is 868. The molecule has 0 heterocycles. The minimum Gasteiger partial charge on any atom is -0.398 e. The first-order valence-electron chi connectivity index (χ1n) is 10.9. The maximum absolute atomic E-state index is 12.6. The van der Waals surface area contributed by atoms with Crippen LogP contribution < -0.4 is 5.73 Å². The summed E-state index contributed by atoms with van der Waals surface area (Å²) >= 11 is 0. The molecule has 0 radical (unpaired) electrons. The molecule has 0 aliphatic carbocycles. The van der Waals surface area contributed by atoms with Gasteiger partial charge in [0.1, 0.15) is 0 Å². The van der Waals surface area contributed by atoms with Crippen molar-refractivity contribution in [1.29, 1.82) is 0 Å². The molecule has 3 rings (SSSR count). The molecule has 0 spiro atoms. The standard InChI is InChI=1S/C22H19NO.3C2H6/c1-16(18-10-6-3-7-11-18)19-12-13-21(23)20(15-19)22(24)14-17-8-4-2-5-9-17;3*1-2/h2-13,15H,1,14,23H2;3*1-2H3. The number of benzene rings is 3. The molecule has 2 nitrogen and oxygen atoms in total. The van der Waals surface area contributed by atoms with E-state index in [4.69, 9.17) is 5.73 Å². The van der Waals surface area contributed by atoms with Crippen LogP contribution in [0.15, 0.2) is 85.4 Å². The second-order valence-corrected chi connectivity index (χ2v) is 5.73. The molecule has 2 N–H and O–H groups in total. The highest BCUT2D eigenvalue weighted by Gasteiger charge is 2.13. The van der Waals surface area contributed by atoms with Gasteiger partial charge in [-0.05, 0) is 34.4 Å². The van der Waals surface area contributed by atoms with Gasteiger partial charge in [0, 0.05) is 17.7 Å². The summed E-state index contributed by atoms with van der Waals surface area (Å²) < 4.78 is 0. The average molecular weight is 404 g/mol. The fourth-order valence-corrected chi connectivity index (χ4v) is 2.67. The number of Topliss-reactive ketones (excluding diaryl/α,β-unsaturated/α-hetero) is 1. The summed E-state index contributed by atoms with van der Waals surface area (Å²) in [5, 5.41) is 0. The summed E-state index contributed by atoms with van der Waals surface area (Å²) in [6.45, 7) is 16.2. The summed E-state index contributed by atoms with van der Waals surface area (Å²) in [5.74, 6) is 0.0152. The zero-order valence-electron chi connectivity index (χ0n) is 19.4. The Balaban J connectivity index is 0.00000129. The molecule has 160 valence electrons. The Labute approximate surface area is 183 Å². The van der Waals surface area contributed by atoms with Crippen LogP contribution in [0.4, 0.5) is 5.69 Å². The second-order valence-electron chi connectivity index (χ2n) is 5.73. The first-order chi connectivity index (χ1) is 14.6. The van der Waals surface area contributed by atoms with Crippen LogP contribution in [-0.4, -0.2) is 5.78 Å². The third kappa shape index (κ3) is 8.08. The Morgan fingerprint density at radius 2 is 1.23 bits per heavy atom. The summed E-state index contributed by atoms with van der Waals surface area (Å²) in [6, 6.07) is 25.1. The SMILES string of the molecule is C=C(c1ccccc1)c1ccc(N)c(C(=O)Cc2ccccc2)c1.CC.CC.CC. The minimum atomic E-state index is 0.0152. The number of nitrogen functional groups attached to an aromatic ring is 1. The molecular formula is C28H37NO. The molecule has 0 bridgehead atoms. The van der Waals surface area contributed by atoms with E-state index in [2.05, 4.69) is 6.58 Å². The lowest BCUT2D eigenvalue weighted by Gasteiger charge is -2.11. The van der Waals surface area contributed by atoms with Crippen molar-refractivity contribution < 1.29 is 4.79 Å². The summed E-state index contributed by atoms with van der Waals surface area (Å²) in [6.07, 6.45) is 0.340. The third-order valence-electron chi connectivity index (χ3n) is 4.03. The van der Waals surface area contributed by atoms with E-state index < -0.39 is 0 Å². The third-order valence-corrected chi connectivity index (χ3v) is 4.03. The van der Waals surface area contributed by atoms with Crippen molar-refractivity contribution in [1.82, 2.24) is 0 Å². The summed E-state index contributed by atoms with van der Waals surface area (Å²) in [7, 11) is 0. The summed E-state index contributed by atoms with van der Waals surface area (Å²) in [4.78, 5) is 12.6. The van der Waals surface area contributed by atoms with Crippen molar-refractivity contribution in [2.75, 3.05) is 5.73 Å². The highest BCUT2D eigenvalue weighted by Crippen LogP contribution is 2.25. The summed E-state index contributed by atoms with van der Waals surface area (Å²) in [5.41, 5.74) is 10.9. The van der Waals surface area contributed by atoms with Crippen LogP contribution in [0.2, 0.25) is 0 Å². The molecule has 3 aromatic carbocycles. The van der Waals surface area contributed by atoms with Gasteiger partial charge in [-0.3, -0.25) is 4.79 Å². The lowest BCUT2D eigenvalue weighted by molar-refractivity contribution is 0.0994. The molecule has 0 unspecified atom stereocenters. The van der Waals surface area contributed by atoms with Gasteiger partial charge >= 0.3 is 0 Å². The molecule has 2 heteroatoms. The van der Waals surface area contributed by atoms with Gasteiger partial charge in [-0.2, -0.15) is 0 Å². The molecule has 0 aromatic heterocycles. The van der Waals surface area contributed by atoms with Gasteiger partial charge in [-0.1, -0.05) is 115 Å². The number of hydrogen-bond acceptors (Lipinski definition) is 2. The number of anilines is 1. The van der Waals surface area contributed by atoms with Crippen LogP contribution in [0, 0.1) is 0 Å². The van der Waals surface area contributed by atoms with E-state index in [1.807, 2.05) is 114 Å². The van der Waals surface area contributed by atoms with E-state index >= 15 is 0 Å². The Morgan fingerprint density at radius 3 is 1.77 bits per heavy atom. The molecule has 30 heavy (non-hydrogen) atoms. The highest BCUT2D eigenvalue weighted by molar-refractivity contribution is 6.03. The lowest BCUT2D eigenvalue weighted by Crippen LogP contribution is -2.07. The van der Waals surface area contributed by atoms with E-state index in [1.54, 1.807) is 6.07 Å². The predicted octanol–water partition coefficient (Wildman–Crippen LogP) is 7.83. The van der Waals surface area contributed by atoms with Gasteiger partial charge in [0.2, 0.25) is 0 Å². The molecule has 0 saturated carbocycles. The van der Waals surface area contributed by atoms with Gasteiger partial charge in [0.15, 0.2) is 5.78 Å². The molecule has 0 fully saturated rings. The van der Waals surface area contributed by atoms with Gasteiger partial charge in [0.25, 0.3) is 0 Å². The monoisotopic (exact) mass is 403 g/mol. The number of hydrogen-bond donors (Lipinski definition) is 1. The number of carbonyl (C=O) groups excluding carboxylic acids is 1. The fraction of sp³-hybridized carbons (Fsp3) is 0.250. The number of rotatable bonds is 5. The van der Waals surface area contributed by atoms with Crippen LogP contribution in [0.25, 0.3) is 5.57 Å². The van der Waals surface area contributed by atoms with Crippen molar-refractivity contribution in [3.05, 3.63) is 108 Å². The molecule has 3 aromatic rings. The van der Waals surface area contributed by atoms with Crippen molar-refractivity contribution in [2.24, 2.45) is 0 Å². The Morgan fingerprint density at radius 1 is 0.733 bits per heavy atom. The zero-order chi connectivity index (χ0) is 22.9. The van der Waals surface area contributed by atoms with Crippen LogP contribution in [0.3, 0.4) is 0 Å². The maximum Gasteiger partial charge on any atom is 0.169 e. The smallest absolute Gasteiger partial charge is 0.169 e.